The molecule has 0 saturated heterocycles. The second kappa shape index (κ2) is 7.85. The molecule has 1 amide bonds. The molecule has 2 heterocycles. The maximum Gasteiger partial charge on any atom is 0.244 e. The fourth-order valence-corrected chi connectivity index (χ4v) is 5.16. The Bertz CT molecular complexity index is 1120. The summed E-state index contributed by atoms with van der Waals surface area (Å²) in [6, 6.07) is 18.7. The highest BCUT2D eigenvalue weighted by atomic mass is 32.2. The fraction of sp³-hybridized carbons (Fsp3) is 0.227. The average Bonchev–Trinajstić information content (AvgIpc) is 3.16. The molecule has 1 aliphatic rings. The van der Waals surface area contributed by atoms with Crippen molar-refractivity contribution in [2.75, 3.05) is 0 Å². The van der Waals surface area contributed by atoms with E-state index in [2.05, 4.69) is 5.32 Å². The van der Waals surface area contributed by atoms with Crippen LogP contribution in [0.5, 0.6) is 0 Å². The fourth-order valence-electron chi connectivity index (χ4n) is 3.58. The number of benzene rings is 2. The van der Waals surface area contributed by atoms with Gasteiger partial charge in [0, 0.05) is 6.54 Å². The number of carbonyl (C=O) groups is 1. The maximum absolute atomic E-state index is 13.3. The number of nitrogens with zero attached hydrogens (tertiary/aromatic N) is 1. The van der Waals surface area contributed by atoms with Crippen molar-refractivity contribution in [1.29, 1.82) is 0 Å². The summed E-state index contributed by atoms with van der Waals surface area (Å²) in [4.78, 5) is 13.2. The first-order chi connectivity index (χ1) is 13.9. The molecule has 0 radical (unpaired) electrons. The number of amides is 1. The summed E-state index contributed by atoms with van der Waals surface area (Å²) >= 11 is 0. The van der Waals surface area contributed by atoms with E-state index in [4.69, 9.17) is 4.42 Å². The Morgan fingerprint density at radius 3 is 2.41 bits per heavy atom. The summed E-state index contributed by atoms with van der Waals surface area (Å²) in [7, 11) is -3.83. The Kier molecular flexibility index (Phi) is 5.25. The zero-order chi connectivity index (χ0) is 20.4. The molecular formula is C22H22N2O4S. The van der Waals surface area contributed by atoms with Gasteiger partial charge in [-0.2, -0.15) is 4.31 Å². The largest absolute Gasteiger partial charge is 0.465 e. The van der Waals surface area contributed by atoms with Gasteiger partial charge >= 0.3 is 0 Å². The highest BCUT2D eigenvalue weighted by Crippen LogP contribution is 2.29. The lowest BCUT2D eigenvalue weighted by atomic mass is 9.95. The molecule has 1 N–H and O–H groups in total. The lowest BCUT2D eigenvalue weighted by molar-refractivity contribution is -0.125. The SMILES string of the molecule is Cc1ccc(CNC(=O)[C@H]2Cc3ccccc3CN2S(=O)(=O)c2ccccc2)o1. The number of carbonyl (C=O) groups excluding carboxylic acids is 1. The molecule has 0 unspecified atom stereocenters. The number of hydrogen-bond acceptors (Lipinski definition) is 4. The Labute approximate surface area is 170 Å². The first-order valence-corrected chi connectivity index (χ1v) is 10.9. The van der Waals surface area contributed by atoms with E-state index in [-0.39, 0.29) is 23.9 Å². The number of fused-ring (bicyclic) bond motifs is 1. The van der Waals surface area contributed by atoms with Crippen LogP contribution in [-0.4, -0.2) is 24.7 Å². The third kappa shape index (κ3) is 3.97. The van der Waals surface area contributed by atoms with Crippen LogP contribution in [0.4, 0.5) is 0 Å². The maximum atomic E-state index is 13.3. The van der Waals surface area contributed by atoms with E-state index in [1.807, 2.05) is 37.3 Å². The molecule has 1 aliphatic heterocycles. The van der Waals surface area contributed by atoms with Gasteiger partial charge in [0.15, 0.2) is 0 Å². The molecule has 0 aliphatic carbocycles. The van der Waals surface area contributed by atoms with Crippen molar-refractivity contribution >= 4 is 15.9 Å². The minimum Gasteiger partial charge on any atom is -0.465 e. The zero-order valence-electron chi connectivity index (χ0n) is 16.0. The van der Waals surface area contributed by atoms with E-state index in [0.717, 1.165) is 16.9 Å². The number of hydrogen-bond donors (Lipinski definition) is 1. The minimum absolute atomic E-state index is 0.158. The van der Waals surface area contributed by atoms with Gasteiger partial charge in [0.25, 0.3) is 0 Å². The van der Waals surface area contributed by atoms with Gasteiger partial charge in [0.2, 0.25) is 15.9 Å². The van der Waals surface area contributed by atoms with Crippen LogP contribution in [0.25, 0.3) is 0 Å². The van der Waals surface area contributed by atoms with Gasteiger partial charge in [-0.3, -0.25) is 4.79 Å². The second-order valence-electron chi connectivity index (χ2n) is 7.08. The summed E-state index contributed by atoms with van der Waals surface area (Å²) < 4.78 is 33.4. The molecule has 0 saturated carbocycles. The second-order valence-corrected chi connectivity index (χ2v) is 8.97. The van der Waals surface area contributed by atoms with Gasteiger partial charge in [-0.15, -0.1) is 0 Å². The van der Waals surface area contributed by atoms with Crippen LogP contribution in [0.15, 0.2) is 76.0 Å². The van der Waals surface area contributed by atoms with Gasteiger partial charge in [-0.05, 0) is 48.7 Å². The van der Waals surface area contributed by atoms with Crippen LogP contribution in [0.3, 0.4) is 0 Å². The molecule has 0 fully saturated rings. The first-order valence-electron chi connectivity index (χ1n) is 9.42. The Morgan fingerprint density at radius 1 is 1.03 bits per heavy atom. The standard InChI is InChI=1S/C22H22N2O4S/c1-16-11-12-19(28-16)14-23-22(25)21-13-17-7-5-6-8-18(17)15-24(21)29(26,27)20-9-3-2-4-10-20/h2-12,21H,13-15H2,1H3,(H,23,25)/t21-/m1/s1. The molecule has 29 heavy (non-hydrogen) atoms. The summed E-state index contributed by atoms with van der Waals surface area (Å²) in [6.45, 7) is 2.20. The van der Waals surface area contributed by atoms with Crippen molar-refractivity contribution in [3.05, 3.63) is 89.4 Å². The van der Waals surface area contributed by atoms with Crippen molar-refractivity contribution < 1.29 is 17.6 Å². The van der Waals surface area contributed by atoms with E-state index in [0.29, 0.717) is 12.2 Å². The molecular weight excluding hydrogens is 388 g/mol. The number of furan rings is 1. The predicted octanol–water partition coefficient (Wildman–Crippen LogP) is 3.02. The summed E-state index contributed by atoms with van der Waals surface area (Å²) in [5, 5.41) is 2.83. The van der Waals surface area contributed by atoms with Gasteiger partial charge in [-0.25, -0.2) is 8.42 Å². The highest BCUT2D eigenvalue weighted by Gasteiger charge is 2.39. The van der Waals surface area contributed by atoms with Crippen LogP contribution in [0, 0.1) is 6.92 Å². The van der Waals surface area contributed by atoms with Crippen LogP contribution in [0.1, 0.15) is 22.6 Å². The topological polar surface area (TPSA) is 79.6 Å². The van der Waals surface area contributed by atoms with Gasteiger partial charge < -0.3 is 9.73 Å². The van der Waals surface area contributed by atoms with Crippen molar-refractivity contribution in [2.45, 2.75) is 37.4 Å². The van der Waals surface area contributed by atoms with Crippen molar-refractivity contribution in [1.82, 2.24) is 9.62 Å². The molecule has 1 atom stereocenters. The van der Waals surface area contributed by atoms with Gasteiger partial charge in [0.1, 0.15) is 17.6 Å². The lowest BCUT2D eigenvalue weighted by Gasteiger charge is -2.35. The van der Waals surface area contributed by atoms with E-state index >= 15 is 0 Å². The Hall–Kier alpha value is -2.90. The van der Waals surface area contributed by atoms with Gasteiger partial charge in [-0.1, -0.05) is 42.5 Å². The minimum atomic E-state index is -3.83. The summed E-state index contributed by atoms with van der Waals surface area (Å²) in [5.74, 6) is 1.05. The molecule has 1 aromatic heterocycles. The summed E-state index contributed by atoms with van der Waals surface area (Å²) in [6.07, 6.45) is 0.325. The summed E-state index contributed by atoms with van der Waals surface area (Å²) in [5.41, 5.74) is 1.90. The van der Waals surface area contributed by atoms with E-state index in [9.17, 15) is 13.2 Å². The molecule has 0 bridgehead atoms. The van der Waals surface area contributed by atoms with Crippen molar-refractivity contribution in [3.8, 4) is 0 Å². The quantitative estimate of drug-likeness (QED) is 0.701. The van der Waals surface area contributed by atoms with E-state index in [1.54, 1.807) is 36.4 Å². The molecule has 4 rings (SSSR count). The Morgan fingerprint density at radius 2 is 1.72 bits per heavy atom. The van der Waals surface area contributed by atoms with Crippen LogP contribution in [-0.2, 0) is 34.3 Å². The normalized spacial score (nSPS) is 16.9. The number of nitrogens with one attached hydrogen (secondary N) is 1. The molecule has 3 aromatic rings. The average molecular weight is 410 g/mol. The molecule has 6 nitrogen and oxygen atoms in total. The van der Waals surface area contributed by atoms with Crippen LogP contribution < -0.4 is 5.32 Å². The Balaban J connectivity index is 1.64. The zero-order valence-corrected chi connectivity index (χ0v) is 16.9. The van der Waals surface area contributed by atoms with E-state index < -0.39 is 16.1 Å². The third-order valence-corrected chi connectivity index (χ3v) is 6.96. The first kappa shape index (κ1) is 19.4. The highest BCUT2D eigenvalue weighted by molar-refractivity contribution is 7.89. The van der Waals surface area contributed by atoms with Crippen LogP contribution in [0.2, 0.25) is 0 Å². The smallest absolute Gasteiger partial charge is 0.244 e. The third-order valence-electron chi connectivity index (χ3n) is 5.09. The van der Waals surface area contributed by atoms with Crippen molar-refractivity contribution in [2.24, 2.45) is 0 Å². The van der Waals surface area contributed by atoms with Crippen LogP contribution >= 0.6 is 0 Å². The number of aryl methyl sites for hydroxylation is 1. The lowest BCUT2D eigenvalue weighted by Crippen LogP contribution is -2.52. The monoisotopic (exact) mass is 410 g/mol. The molecule has 150 valence electrons. The van der Waals surface area contributed by atoms with Crippen molar-refractivity contribution in [3.63, 3.8) is 0 Å². The number of sulfonamides is 1. The molecule has 0 spiro atoms. The predicted molar refractivity (Wildman–Crippen MR) is 108 cm³/mol. The molecule has 2 aromatic carbocycles. The molecule has 7 heteroatoms. The van der Waals surface area contributed by atoms with E-state index in [1.165, 1.54) is 4.31 Å². The van der Waals surface area contributed by atoms with Gasteiger partial charge in [0.05, 0.1) is 11.4 Å². The number of rotatable bonds is 5.